The molecule has 0 aromatic carbocycles. The molecule has 5 nitrogen and oxygen atoms in total. The predicted octanol–water partition coefficient (Wildman–Crippen LogP) is 1.62. The largest absolute Gasteiger partial charge is 0.444 e. The van der Waals surface area contributed by atoms with Crippen LogP contribution in [-0.4, -0.2) is 56.0 Å². The first kappa shape index (κ1) is 15.2. The SMILES string of the molecule is C1CCOC1.CC(C)(C)OC(=O)N1CCNCC1. The van der Waals surface area contributed by atoms with Gasteiger partial charge in [-0.25, -0.2) is 4.79 Å². The van der Waals surface area contributed by atoms with E-state index in [0.29, 0.717) is 0 Å². The van der Waals surface area contributed by atoms with Gasteiger partial charge < -0.3 is 19.7 Å². The van der Waals surface area contributed by atoms with Crippen molar-refractivity contribution in [1.29, 1.82) is 0 Å². The summed E-state index contributed by atoms with van der Waals surface area (Å²) in [5.41, 5.74) is -0.387. The zero-order valence-corrected chi connectivity index (χ0v) is 11.8. The third-order valence-corrected chi connectivity index (χ3v) is 2.60. The molecule has 0 atom stereocenters. The Morgan fingerprint density at radius 3 is 2.11 bits per heavy atom. The summed E-state index contributed by atoms with van der Waals surface area (Å²) in [7, 11) is 0. The number of carbonyl (C=O) groups is 1. The molecule has 5 heteroatoms. The van der Waals surface area contributed by atoms with E-state index in [9.17, 15) is 4.79 Å². The Bertz CT molecular complexity index is 234. The maximum atomic E-state index is 11.5. The van der Waals surface area contributed by atoms with Crippen molar-refractivity contribution in [2.45, 2.75) is 39.2 Å². The van der Waals surface area contributed by atoms with E-state index in [1.165, 1.54) is 12.8 Å². The summed E-state index contributed by atoms with van der Waals surface area (Å²) in [6, 6.07) is 0. The highest BCUT2D eigenvalue weighted by atomic mass is 16.6. The van der Waals surface area contributed by atoms with E-state index in [2.05, 4.69) is 5.32 Å². The summed E-state index contributed by atoms with van der Waals surface area (Å²) in [6.07, 6.45) is 2.36. The first-order valence-corrected chi connectivity index (χ1v) is 6.75. The van der Waals surface area contributed by atoms with Crippen LogP contribution in [0.5, 0.6) is 0 Å². The third-order valence-electron chi connectivity index (χ3n) is 2.60. The summed E-state index contributed by atoms with van der Waals surface area (Å²) in [5.74, 6) is 0. The molecule has 0 aromatic rings. The van der Waals surface area contributed by atoms with Crippen LogP contribution in [0.3, 0.4) is 0 Å². The van der Waals surface area contributed by atoms with Crippen LogP contribution in [0.1, 0.15) is 33.6 Å². The van der Waals surface area contributed by atoms with E-state index in [0.717, 1.165) is 39.4 Å². The molecule has 0 unspecified atom stereocenters. The first-order chi connectivity index (χ1) is 8.49. The second kappa shape index (κ2) is 7.59. The molecule has 2 rings (SSSR count). The van der Waals surface area contributed by atoms with Crippen molar-refractivity contribution in [3.63, 3.8) is 0 Å². The average Bonchev–Trinajstić information content (AvgIpc) is 2.86. The van der Waals surface area contributed by atoms with Crippen molar-refractivity contribution in [3.05, 3.63) is 0 Å². The monoisotopic (exact) mass is 258 g/mol. The fourth-order valence-electron chi connectivity index (χ4n) is 1.68. The van der Waals surface area contributed by atoms with Crippen molar-refractivity contribution < 1.29 is 14.3 Å². The molecular formula is C13H26N2O3. The Morgan fingerprint density at radius 2 is 1.72 bits per heavy atom. The highest BCUT2D eigenvalue weighted by molar-refractivity contribution is 5.68. The topological polar surface area (TPSA) is 50.8 Å². The summed E-state index contributed by atoms with van der Waals surface area (Å²) in [5, 5.41) is 3.18. The van der Waals surface area contributed by atoms with Gasteiger partial charge in [0.2, 0.25) is 0 Å². The van der Waals surface area contributed by atoms with Gasteiger partial charge in [-0.3, -0.25) is 0 Å². The Hall–Kier alpha value is -0.810. The van der Waals surface area contributed by atoms with Crippen molar-refractivity contribution in [1.82, 2.24) is 10.2 Å². The summed E-state index contributed by atoms with van der Waals surface area (Å²) >= 11 is 0. The van der Waals surface area contributed by atoms with Gasteiger partial charge in [-0.1, -0.05) is 0 Å². The van der Waals surface area contributed by atoms with Gasteiger partial charge in [-0.15, -0.1) is 0 Å². The predicted molar refractivity (Wildman–Crippen MR) is 70.7 cm³/mol. The smallest absolute Gasteiger partial charge is 0.410 e. The number of piperazine rings is 1. The van der Waals surface area contributed by atoms with Gasteiger partial charge in [0.25, 0.3) is 0 Å². The molecule has 0 saturated carbocycles. The van der Waals surface area contributed by atoms with Gasteiger partial charge in [-0.05, 0) is 33.6 Å². The number of carbonyl (C=O) groups excluding carboxylic acids is 1. The zero-order chi connectivity index (χ0) is 13.4. The van der Waals surface area contributed by atoms with Crippen LogP contribution in [-0.2, 0) is 9.47 Å². The lowest BCUT2D eigenvalue weighted by Gasteiger charge is -2.30. The number of ether oxygens (including phenoxy) is 2. The molecule has 2 saturated heterocycles. The Balaban J connectivity index is 0.000000269. The molecule has 1 N–H and O–H groups in total. The van der Waals surface area contributed by atoms with Crippen LogP contribution in [0.2, 0.25) is 0 Å². The van der Waals surface area contributed by atoms with Gasteiger partial charge >= 0.3 is 6.09 Å². The maximum Gasteiger partial charge on any atom is 0.410 e. The fraction of sp³-hybridized carbons (Fsp3) is 0.923. The maximum absolute atomic E-state index is 11.5. The van der Waals surface area contributed by atoms with E-state index >= 15 is 0 Å². The molecule has 2 aliphatic rings. The highest BCUT2D eigenvalue weighted by Crippen LogP contribution is 2.09. The van der Waals surface area contributed by atoms with E-state index in [1.807, 2.05) is 20.8 Å². The second-order valence-electron chi connectivity index (χ2n) is 5.54. The number of rotatable bonds is 0. The molecule has 0 radical (unpaired) electrons. The van der Waals surface area contributed by atoms with E-state index < -0.39 is 0 Å². The molecule has 2 fully saturated rings. The van der Waals surface area contributed by atoms with Crippen LogP contribution in [0.4, 0.5) is 4.79 Å². The second-order valence-corrected chi connectivity index (χ2v) is 5.54. The number of nitrogens with one attached hydrogen (secondary N) is 1. The average molecular weight is 258 g/mol. The molecule has 18 heavy (non-hydrogen) atoms. The van der Waals surface area contributed by atoms with Gasteiger partial charge in [0.05, 0.1) is 0 Å². The minimum atomic E-state index is -0.387. The normalized spacial score (nSPS) is 20.1. The van der Waals surface area contributed by atoms with Gasteiger partial charge in [0, 0.05) is 39.4 Å². The summed E-state index contributed by atoms with van der Waals surface area (Å²) in [4.78, 5) is 13.2. The molecule has 106 valence electrons. The molecule has 0 aliphatic carbocycles. The van der Waals surface area contributed by atoms with Gasteiger partial charge in [0.15, 0.2) is 0 Å². The lowest BCUT2D eigenvalue weighted by Crippen LogP contribution is -2.48. The van der Waals surface area contributed by atoms with Crippen LogP contribution >= 0.6 is 0 Å². The molecule has 2 heterocycles. The molecule has 0 spiro atoms. The molecule has 1 amide bonds. The number of hydrogen-bond donors (Lipinski definition) is 1. The molecule has 2 aliphatic heterocycles. The van der Waals surface area contributed by atoms with Crippen molar-refractivity contribution >= 4 is 6.09 Å². The minimum absolute atomic E-state index is 0.200. The van der Waals surface area contributed by atoms with Crippen LogP contribution in [0.25, 0.3) is 0 Å². The summed E-state index contributed by atoms with van der Waals surface area (Å²) in [6.45, 7) is 10.9. The zero-order valence-electron chi connectivity index (χ0n) is 11.8. The minimum Gasteiger partial charge on any atom is -0.444 e. The van der Waals surface area contributed by atoms with E-state index in [-0.39, 0.29) is 11.7 Å². The van der Waals surface area contributed by atoms with Gasteiger partial charge in [-0.2, -0.15) is 0 Å². The lowest BCUT2D eigenvalue weighted by atomic mass is 10.2. The van der Waals surface area contributed by atoms with Gasteiger partial charge in [0.1, 0.15) is 5.60 Å². The quantitative estimate of drug-likeness (QED) is 0.717. The van der Waals surface area contributed by atoms with Crippen molar-refractivity contribution in [3.8, 4) is 0 Å². The van der Waals surface area contributed by atoms with Crippen molar-refractivity contribution in [2.75, 3.05) is 39.4 Å². The summed E-state index contributed by atoms with van der Waals surface area (Å²) < 4.78 is 10.2. The lowest BCUT2D eigenvalue weighted by molar-refractivity contribution is 0.0229. The highest BCUT2D eigenvalue weighted by Gasteiger charge is 2.22. The Kier molecular flexibility index (Phi) is 6.43. The van der Waals surface area contributed by atoms with Crippen molar-refractivity contribution in [2.24, 2.45) is 0 Å². The fourth-order valence-corrected chi connectivity index (χ4v) is 1.68. The molecule has 0 aromatic heterocycles. The third kappa shape index (κ3) is 6.81. The van der Waals surface area contributed by atoms with Crippen LogP contribution < -0.4 is 5.32 Å². The number of nitrogens with zero attached hydrogens (tertiary/aromatic N) is 1. The Morgan fingerprint density at radius 1 is 1.17 bits per heavy atom. The number of hydrogen-bond acceptors (Lipinski definition) is 4. The van der Waals surface area contributed by atoms with Crippen LogP contribution in [0.15, 0.2) is 0 Å². The van der Waals surface area contributed by atoms with Crippen LogP contribution in [0, 0.1) is 0 Å². The number of amides is 1. The molecule has 0 bridgehead atoms. The van der Waals surface area contributed by atoms with E-state index in [4.69, 9.17) is 9.47 Å². The Labute approximate surface area is 110 Å². The van der Waals surface area contributed by atoms with E-state index in [1.54, 1.807) is 4.90 Å². The first-order valence-electron chi connectivity index (χ1n) is 6.75. The molecular weight excluding hydrogens is 232 g/mol. The standard InChI is InChI=1S/C9H18N2O2.C4H8O/c1-9(2,3)13-8(12)11-6-4-10-5-7-11;1-2-4-5-3-1/h10H,4-7H2,1-3H3;1-4H2.